The summed E-state index contributed by atoms with van der Waals surface area (Å²) in [5.74, 6) is 0.616. The van der Waals surface area contributed by atoms with E-state index in [1.54, 1.807) is 33.4 Å². The highest BCUT2D eigenvalue weighted by molar-refractivity contribution is 5.89. The van der Waals surface area contributed by atoms with E-state index in [4.69, 9.17) is 15.2 Å². The van der Waals surface area contributed by atoms with Crippen molar-refractivity contribution in [2.45, 2.75) is 6.92 Å². The van der Waals surface area contributed by atoms with Gasteiger partial charge in [-0.2, -0.15) is 0 Å². The molecule has 0 atom stereocenters. The number of nitrogens with zero attached hydrogens (tertiary/aromatic N) is 2. The number of amides is 1. The van der Waals surface area contributed by atoms with Crippen LogP contribution in [0.15, 0.2) is 24.4 Å². The Bertz CT molecular complexity index is 656. The molecule has 1 heterocycles. The van der Waals surface area contributed by atoms with Gasteiger partial charge in [-0.15, -0.1) is 0 Å². The number of rotatable bonds is 4. The number of aryl methyl sites for hydroxylation is 1. The zero-order valence-corrected chi connectivity index (χ0v) is 11.5. The lowest BCUT2D eigenvalue weighted by atomic mass is 10.1. The first-order valence-corrected chi connectivity index (χ1v) is 5.92. The summed E-state index contributed by atoms with van der Waals surface area (Å²) >= 11 is 0. The second kappa shape index (κ2) is 5.56. The van der Waals surface area contributed by atoms with Crippen molar-refractivity contribution in [3.05, 3.63) is 35.9 Å². The van der Waals surface area contributed by atoms with Gasteiger partial charge in [0.15, 0.2) is 11.5 Å². The molecule has 1 aromatic carbocycles. The summed E-state index contributed by atoms with van der Waals surface area (Å²) in [7, 11) is 3.15. The maximum Gasteiger partial charge on any atom is 0.286 e. The standard InChI is InChI=1S/C14H15N3O3/c1-8-10(7-16-14(17-8)13(15)18)9-4-5-11(19-2)12(6-9)20-3/h4-7H,1-3H3,(H2,15,18). The van der Waals surface area contributed by atoms with Gasteiger partial charge >= 0.3 is 0 Å². The number of aromatic nitrogens is 2. The van der Waals surface area contributed by atoms with Gasteiger partial charge < -0.3 is 15.2 Å². The Balaban J connectivity index is 2.49. The van der Waals surface area contributed by atoms with Gasteiger partial charge in [0.05, 0.1) is 14.2 Å². The summed E-state index contributed by atoms with van der Waals surface area (Å²) in [5, 5.41) is 0. The highest BCUT2D eigenvalue weighted by atomic mass is 16.5. The Morgan fingerprint density at radius 3 is 2.45 bits per heavy atom. The van der Waals surface area contributed by atoms with Gasteiger partial charge in [0, 0.05) is 17.5 Å². The number of carbonyl (C=O) groups excluding carboxylic acids is 1. The van der Waals surface area contributed by atoms with Crippen molar-refractivity contribution in [3.8, 4) is 22.6 Å². The number of hydrogen-bond donors (Lipinski definition) is 1. The molecular formula is C14H15N3O3. The fourth-order valence-electron chi connectivity index (χ4n) is 1.87. The highest BCUT2D eigenvalue weighted by Crippen LogP contribution is 2.32. The van der Waals surface area contributed by atoms with E-state index < -0.39 is 5.91 Å². The number of hydrogen-bond acceptors (Lipinski definition) is 5. The molecule has 6 nitrogen and oxygen atoms in total. The van der Waals surface area contributed by atoms with E-state index in [-0.39, 0.29) is 5.82 Å². The van der Waals surface area contributed by atoms with Gasteiger partial charge in [0.1, 0.15) is 0 Å². The maximum absolute atomic E-state index is 11.0. The van der Waals surface area contributed by atoms with Gasteiger partial charge in [-0.1, -0.05) is 6.07 Å². The molecule has 2 aromatic rings. The number of ether oxygens (including phenoxy) is 2. The van der Waals surface area contributed by atoms with Crippen molar-refractivity contribution in [2.75, 3.05) is 14.2 Å². The molecule has 20 heavy (non-hydrogen) atoms. The smallest absolute Gasteiger partial charge is 0.286 e. The van der Waals surface area contributed by atoms with Crippen LogP contribution in [0.5, 0.6) is 11.5 Å². The Morgan fingerprint density at radius 2 is 1.90 bits per heavy atom. The van der Waals surface area contributed by atoms with Gasteiger partial charge in [-0.3, -0.25) is 4.79 Å². The van der Waals surface area contributed by atoms with Crippen LogP contribution in [-0.4, -0.2) is 30.1 Å². The summed E-state index contributed by atoms with van der Waals surface area (Å²) in [5.41, 5.74) is 7.50. The quantitative estimate of drug-likeness (QED) is 0.913. The van der Waals surface area contributed by atoms with E-state index in [1.165, 1.54) is 0 Å². The van der Waals surface area contributed by atoms with E-state index >= 15 is 0 Å². The summed E-state index contributed by atoms with van der Waals surface area (Å²) in [4.78, 5) is 19.1. The maximum atomic E-state index is 11.0. The van der Waals surface area contributed by atoms with Crippen LogP contribution in [0.2, 0.25) is 0 Å². The minimum atomic E-state index is -0.646. The molecule has 104 valence electrons. The first-order valence-electron chi connectivity index (χ1n) is 5.92. The van der Waals surface area contributed by atoms with Crippen LogP contribution in [0.3, 0.4) is 0 Å². The summed E-state index contributed by atoms with van der Waals surface area (Å²) in [6.45, 7) is 1.79. The molecular weight excluding hydrogens is 258 g/mol. The molecule has 0 saturated heterocycles. The largest absolute Gasteiger partial charge is 0.493 e. The van der Waals surface area contributed by atoms with Crippen LogP contribution in [-0.2, 0) is 0 Å². The van der Waals surface area contributed by atoms with Crippen LogP contribution < -0.4 is 15.2 Å². The fraction of sp³-hybridized carbons (Fsp3) is 0.214. The predicted octanol–water partition coefficient (Wildman–Crippen LogP) is 1.57. The lowest BCUT2D eigenvalue weighted by Gasteiger charge is -2.11. The van der Waals surface area contributed by atoms with Crippen LogP contribution in [0.4, 0.5) is 0 Å². The van der Waals surface area contributed by atoms with E-state index in [0.29, 0.717) is 17.2 Å². The molecule has 0 saturated carbocycles. The van der Waals surface area contributed by atoms with Gasteiger partial charge in [0.2, 0.25) is 5.82 Å². The number of carbonyl (C=O) groups is 1. The first-order chi connectivity index (χ1) is 9.56. The Labute approximate surface area is 116 Å². The molecule has 2 N–H and O–H groups in total. The van der Waals surface area contributed by atoms with Crippen molar-refractivity contribution < 1.29 is 14.3 Å². The Morgan fingerprint density at radius 1 is 1.20 bits per heavy atom. The highest BCUT2D eigenvalue weighted by Gasteiger charge is 2.11. The molecule has 1 amide bonds. The molecule has 0 aliphatic heterocycles. The van der Waals surface area contributed by atoms with Crippen molar-refractivity contribution in [1.82, 2.24) is 9.97 Å². The third-order valence-corrected chi connectivity index (χ3v) is 2.89. The molecule has 0 aliphatic carbocycles. The molecule has 0 aliphatic rings. The molecule has 0 spiro atoms. The minimum Gasteiger partial charge on any atom is -0.493 e. The van der Waals surface area contributed by atoms with Gasteiger partial charge in [0.25, 0.3) is 5.91 Å². The molecule has 0 bridgehead atoms. The lowest BCUT2D eigenvalue weighted by Crippen LogP contribution is -2.15. The third kappa shape index (κ3) is 2.54. The predicted molar refractivity (Wildman–Crippen MR) is 73.8 cm³/mol. The monoisotopic (exact) mass is 273 g/mol. The van der Waals surface area contributed by atoms with Crippen LogP contribution in [0.25, 0.3) is 11.1 Å². The van der Waals surface area contributed by atoms with E-state index in [9.17, 15) is 4.79 Å². The average molecular weight is 273 g/mol. The van der Waals surface area contributed by atoms with Crippen molar-refractivity contribution >= 4 is 5.91 Å². The van der Waals surface area contributed by atoms with Crippen LogP contribution in [0, 0.1) is 6.92 Å². The molecule has 6 heteroatoms. The van der Waals surface area contributed by atoms with Crippen molar-refractivity contribution in [1.29, 1.82) is 0 Å². The summed E-state index contributed by atoms with van der Waals surface area (Å²) < 4.78 is 10.5. The Kier molecular flexibility index (Phi) is 3.84. The zero-order valence-electron chi connectivity index (χ0n) is 11.5. The Hall–Kier alpha value is -2.63. The molecule has 2 rings (SSSR count). The second-order valence-electron chi connectivity index (χ2n) is 4.13. The second-order valence-corrected chi connectivity index (χ2v) is 4.13. The minimum absolute atomic E-state index is 0.00623. The summed E-state index contributed by atoms with van der Waals surface area (Å²) in [6, 6.07) is 5.50. The molecule has 0 unspecified atom stereocenters. The van der Waals surface area contributed by atoms with Gasteiger partial charge in [-0.25, -0.2) is 9.97 Å². The molecule has 0 radical (unpaired) electrons. The average Bonchev–Trinajstić information content (AvgIpc) is 2.46. The van der Waals surface area contributed by atoms with Gasteiger partial charge in [-0.05, 0) is 24.6 Å². The normalized spacial score (nSPS) is 10.2. The van der Waals surface area contributed by atoms with E-state index in [0.717, 1.165) is 11.1 Å². The first kappa shape index (κ1) is 13.8. The van der Waals surface area contributed by atoms with Crippen LogP contribution in [0.1, 0.15) is 16.3 Å². The van der Waals surface area contributed by atoms with E-state index in [2.05, 4.69) is 9.97 Å². The zero-order chi connectivity index (χ0) is 14.7. The number of benzene rings is 1. The fourth-order valence-corrected chi connectivity index (χ4v) is 1.87. The number of primary amides is 1. The third-order valence-electron chi connectivity index (χ3n) is 2.89. The van der Waals surface area contributed by atoms with Crippen molar-refractivity contribution in [3.63, 3.8) is 0 Å². The number of methoxy groups -OCH3 is 2. The van der Waals surface area contributed by atoms with Crippen LogP contribution >= 0.6 is 0 Å². The van der Waals surface area contributed by atoms with Crippen molar-refractivity contribution in [2.24, 2.45) is 5.73 Å². The topological polar surface area (TPSA) is 87.3 Å². The lowest BCUT2D eigenvalue weighted by molar-refractivity contribution is 0.0990. The molecule has 0 fully saturated rings. The molecule has 1 aromatic heterocycles. The van der Waals surface area contributed by atoms with E-state index in [1.807, 2.05) is 12.1 Å². The summed E-state index contributed by atoms with van der Waals surface area (Å²) in [6.07, 6.45) is 1.57. The number of nitrogens with two attached hydrogens (primary N) is 1. The SMILES string of the molecule is COc1ccc(-c2cnc(C(N)=O)nc2C)cc1OC.